The van der Waals surface area contributed by atoms with Gasteiger partial charge in [-0.1, -0.05) is 15.9 Å². The van der Waals surface area contributed by atoms with Crippen molar-refractivity contribution in [3.8, 4) is 0 Å². The molecular weight excluding hydrogens is 220 g/mol. The van der Waals surface area contributed by atoms with E-state index in [4.69, 9.17) is 4.74 Å². The lowest BCUT2D eigenvalue weighted by molar-refractivity contribution is 0.103. The van der Waals surface area contributed by atoms with Gasteiger partial charge in [-0.05, 0) is 6.07 Å². The molecule has 1 aliphatic rings. The average molecular weight is 231 g/mol. The molecule has 4 heteroatoms. The molecule has 0 bridgehead atoms. The molecule has 1 aromatic rings. The van der Waals surface area contributed by atoms with E-state index < -0.39 is 0 Å². The zero-order valence-corrected chi connectivity index (χ0v) is 8.25. The van der Waals surface area contributed by atoms with Crippen LogP contribution in [-0.2, 0) is 4.74 Å². The predicted octanol–water partition coefficient (Wildman–Crippen LogP) is 1.57. The highest BCUT2D eigenvalue weighted by molar-refractivity contribution is 9.09. The Morgan fingerprint density at radius 1 is 1.67 bits per heavy atom. The van der Waals surface area contributed by atoms with Gasteiger partial charge < -0.3 is 14.6 Å². The molecule has 1 fully saturated rings. The molecule has 0 amide bonds. The Labute approximate surface area is 79.8 Å². The maximum Gasteiger partial charge on any atom is 0.129 e. The molecule has 1 unspecified atom stereocenters. The van der Waals surface area contributed by atoms with Gasteiger partial charge in [0.05, 0.1) is 18.8 Å². The van der Waals surface area contributed by atoms with Gasteiger partial charge in [-0.2, -0.15) is 0 Å². The van der Waals surface area contributed by atoms with Crippen LogP contribution in [0.15, 0.2) is 18.5 Å². The molecule has 0 spiro atoms. The number of nitrogens with zero attached hydrogens (tertiary/aromatic N) is 1. The number of rotatable bonds is 1. The number of hydrogen-bond acceptors (Lipinski definition) is 2. The minimum absolute atomic E-state index is 0.168. The van der Waals surface area contributed by atoms with Gasteiger partial charge in [0.15, 0.2) is 0 Å². The molecule has 0 saturated carbocycles. The van der Waals surface area contributed by atoms with Gasteiger partial charge in [0.25, 0.3) is 0 Å². The summed E-state index contributed by atoms with van der Waals surface area (Å²) < 4.78 is 5.37. The first kappa shape index (κ1) is 8.13. The minimum Gasteiger partial charge on any atom is -0.366 e. The number of anilines is 1. The highest BCUT2D eigenvalue weighted by Crippen LogP contribution is 2.18. The summed E-state index contributed by atoms with van der Waals surface area (Å²) >= 11 is 3.44. The van der Waals surface area contributed by atoms with Gasteiger partial charge >= 0.3 is 0 Å². The van der Waals surface area contributed by atoms with Crippen molar-refractivity contribution in [1.82, 2.24) is 4.98 Å². The normalized spacial score (nSPS) is 24.4. The van der Waals surface area contributed by atoms with E-state index in [-0.39, 0.29) is 5.01 Å². The van der Waals surface area contributed by atoms with Crippen molar-refractivity contribution >= 4 is 21.6 Å². The van der Waals surface area contributed by atoms with Gasteiger partial charge in [-0.3, -0.25) is 0 Å². The molecule has 2 heterocycles. The van der Waals surface area contributed by atoms with Crippen molar-refractivity contribution in [2.75, 3.05) is 24.6 Å². The second-order valence-corrected chi connectivity index (χ2v) is 3.82. The molecule has 1 aromatic heterocycles. The van der Waals surface area contributed by atoms with Gasteiger partial charge in [0.2, 0.25) is 0 Å². The van der Waals surface area contributed by atoms with E-state index in [1.807, 2.05) is 12.4 Å². The molecule has 12 heavy (non-hydrogen) atoms. The molecule has 3 nitrogen and oxygen atoms in total. The second-order valence-electron chi connectivity index (χ2n) is 2.80. The van der Waals surface area contributed by atoms with Crippen LogP contribution < -0.4 is 4.90 Å². The van der Waals surface area contributed by atoms with Crippen LogP contribution in [0.5, 0.6) is 0 Å². The summed E-state index contributed by atoms with van der Waals surface area (Å²) in [5.74, 6) is 0. The molecule has 0 aromatic carbocycles. The summed E-state index contributed by atoms with van der Waals surface area (Å²) in [5, 5.41) is 0.168. The lowest BCUT2D eigenvalue weighted by atomic mass is 10.4. The fourth-order valence-electron chi connectivity index (χ4n) is 1.35. The smallest absolute Gasteiger partial charge is 0.129 e. The highest BCUT2D eigenvalue weighted by Gasteiger charge is 2.17. The fraction of sp³-hybridized carbons (Fsp3) is 0.500. The van der Waals surface area contributed by atoms with Crippen molar-refractivity contribution in [3.63, 3.8) is 0 Å². The topological polar surface area (TPSA) is 28.3 Å². The largest absolute Gasteiger partial charge is 0.366 e. The zero-order valence-electron chi connectivity index (χ0n) is 6.66. The third kappa shape index (κ3) is 1.64. The van der Waals surface area contributed by atoms with E-state index in [1.54, 1.807) is 0 Å². The monoisotopic (exact) mass is 230 g/mol. The molecular formula is C8H11BrN2O. The molecule has 1 saturated heterocycles. The molecule has 2 rings (SSSR count). The summed E-state index contributed by atoms with van der Waals surface area (Å²) in [6.07, 6.45) is 3.94. The number of morpholine rings is 1. The summed E-state index contributed by atoms with van der Waals surface area (Å²) in [6, 6.07) is 2.07. The molecule has 66 valence electrons. The molecule has 1 aliphatic heterocycles. The predicted molar refractivity (Wildman–Crippen MR) is 51.7 cm³/mol. The number of hydrogen-bond donors (Lipinski definition) is 1. The fourth-order valence-corrected chi connectivity index (χ4v) is 1.89. The van der Waals surface area contributed by atoms with Crippen molar-refractivity contribution in [3.05, 3.63) is 18.5 Å². The standard InChI is InChI=1S/C8H11BrN2O/c9-8-6-11(3-4-12-8)7-1-2-10-5-7/h1-2,5,8,10H,3-4,6H2. The number of alkyl halides is 1. The Hall–Kier alpha value is -0.480. The van der Waals surface area contributed by atoms with Crippen LogP contribution in [0.25, 0.3) is 0 Å². The Kier molecular flexibility index (Phi) is 2.37. The van der Waals surface area contributed by atoms with E-state index in [1.165, 1.54) is 5.69 Å². The molecule has 0 radical (unpaired) electrons. The summed E-state index contributed by atoms with van der Waals surface area (Å²) in [6.45, 7) is 2.68. The van der Waals surface area contributed by atoms with Crippen LogP contribution in [0.4, 0.5) is 5.69 Å². The molecule has 1 N–H and O–H groups in total. The van der Waals surface area contributed by atoms with Gasteiger partial charge in [0.1, 0.15) is 5.01 Å². The van der Waals surface area contributed by atoms with E-state index >= 15 is 0 Å². The van der Waals surface area contributed by atoms with Crippen LogP contribution in [0.2, 0.25) is 0 Å². The average Bonchev–Trinajstić information content (AvgIpc) is 2.56. The van der Waals surface area contributed by atoms with E-state index in [2.05, 4.69) is 31.9 Å². The first-order valence-corrected chi connectivity index (χ1v) is 4.91. The van der Waals surface area contributed by atoms with Crippen molar-refractivity contribution in [2.45, 2.75) is 5.01 Å². The molecule has 0 aliphatic carbocycles. The quantitative estimate of drug-likeness (QED) is 0.743. The van der Waals surface area contributed by atoms with Crippen LogP contribution in [0.3, 0.4) is 0 Å². The first-order chi connectivity index (χ1) is 5.86. The third-order valence-corrected chi connectivity index (χ3v) is 2.52. The van der Waals surface area contributed by atoms with E-state index in [9.17, 15) is 0 Å². The number of aromatic amines is 1. The lowest BCUT2D eigenvalue weighted by Crippen LogP contribution is -2.39. The summed E-state index contributed by atoms with van der Waals surface area (Å²) in [7, 11) is 0. The Balaban J connectivity index is 2.04. The zero-order chi connectivity index (χ0) is 8.39. The number of halogens is 1. The number of aromatic nitrogens is 1. The summed E-state index contributed by atoms with van der Waals surface area (Å²) in [5.41, 5.74) is 1.24. The Morgan fingerprint density at radius 2 is 2.58 bits per heavy atom. The van der Waals surface area contributed by atoms with Crippen molar-refractivity contribution in [1.29, 1.82) is 0 Å². The summed E-state index contributed by atoms with van der Waals surface area (Å²) in [4.78, 5) is 5.34. The van der Waals surface area contributed by atoms with Gasteiger partial charge in [-0.25, -0.2) is 0 Å². The minimum atomic E-state index is 0.168. The maximum absolute atomic E-state index is 5.37. The van der Waals surface area contributed by atoms with Crippen LogP contribution >= 0.6 is 15.9 Å². The first-order valence-electron chi connectivity index (χ1n) is 3.99. The van der Waals surface area contributed by atoms with Crippen molar-refractivity contribution in [2.24, 2.45) is 0 Å². The molecule has 1 atom stereocenters. The SMILES string of the molecule is BrC1CN(c2cc[nH]c2)CCO1. The van der Waals surface area contributed by atoms with E-state index in [0.29, 0.717) is 0 Å². The number of nitrogens with one attached hydrogen (secondary N) is 1. The van der Waals surface area contributed by atoms with Crippen LogP contribution in [0, 0.1) is 0 Å². The number of ether oxygens (including phenoxy) is 1. The number of H-pyrrole nitrogens is 1. The van der Waals surface area contributed by atoms with Crippen LogP contribution in [-0.4, -0.2) is 29.7 Å². The van der Waals surface area contributed by atoms with E-state index in [0.717, 1.165) is 19.7 Å². The Bertz CT molecular complexity index is 237. The second kappa shape index (κ2) is 3.49. The van der Waals surface area contributed by atoms with Crippen LogP contribution in [0.1, 0.15) is 0 Å². The highest BCUT2D eigenvalue weighted by atomic mass is 79.9. The Morgan fingerprint density at radius 3 is 3.25 bits per heavy atom. The van der Waals surface area contributed by atoms with Gasteiger partial charge in [-0.15, -0.1) is 0 Å². The lowest BCUT2D eigenvalue weighted by Gasteiger charge is -2.30. The third-order valence-electron chi connectivity index (χ3n) is 1.97. The maximum atomic E-state index is 5.37. The van der Waals surface area contributed by atoms with Gasteiger partial charge in [0, 0.05) is 18.9 Å². The van der Waals surface area contributed by atoms with Crippen molar-refractivity contribution < 1.29 is 4.74 Å².